The van der Waals surface area contributed by atoms with Crippen molar-refractivity contribution >= 4 is 35.1 Å². The summed E-state index contributed by atoms with van der Waals surface area (Å²) in [5.74, 6) is -0.939. The van der Waals surface area contributed by atoms with Crippen LogP contribution in [0.15, 0.2) is 35.6 Å². The molecule has 2 rings (SSSR count). The number of anilines is 1. The van der Waals surface area contributed by atoms with Crippen molar-refractivity contribution in [1.29, 1.82) is 0 Å². The van der Waals surface area contributed by atoms with E-state index in [1.54, 1.807) is 24.3 Å². The lowest BCUT2D eigenvalue weighted by Gasteiger charge is -2.19. The molecule has 5 nitrogen and oxygen atoms in total. The van der Waals surface area contributed by atoms with Gasteiger partial charge in [0.25, 0.3) is 5.91 Å². The number of thiocarbonyl (C=S) groups is 1. The third kappa shape index (κ3) is 6.94. The first-order valence-electron chi connectivity index (χ1n) is 11.1. The largest absolute Gasteiger partial charge is 0.510 e. The van der Waals surface area contributed by atoms with Crippen molar-refractivity contribution in [2.45, 2.75) is 71.1 Å². The zero-order chi connectivity index (χ0) is 21.8. The van der Waals surface area contributed by atoms with E-state index in [0.29, 0.717) is 17.9 Å². The molecule has 0 bridgehead atoms. The van der Waals surface area contributed by atoms with E-state index in [4.69, 9.17) is 17.0 Å². The molecule has 1 aromatic carbocycles. The Bertz CT molecular complexity index is 759. The maximum absolute atomic E-state index is 12.6. The Morgan fingerprint density at radius 1 is 1.07 bits per heavy atom. The summed E-state index contributed by atoms with van der Waals surface area (Å²) in [6, 6.07) is 6.78. The lowest BCUT2D eigenvalue weighted by atomic mass is 10.1. The number of carbonyl (C=O) groups is 2. The van der Waals surface area contributed by atoms with Crippen LogP contribution in [0.4, 0.5) is 5.69 Å². The minimum absolute atomic E-state index is 0.00401. The number of benzene rings is 1. The minimum Gasteiger partial charge on any atom is -0.510 e. The lowest BCUT2D eigenvalue weighted by molar-refractivity contribution is -0.114. The molecule has 0 radical (unpaired) electrons. The summed E-state index contributed by atoms with van der Waals surface area (Å²) in [5, 5.41) is 11.1. The highest BCUT2D eigenvalue weighted by molar-refractivity contribution is 7.79. The highest BCUT2D eigenvalue weighted by Gasteiger charge is 2.32. The number of rotatable bonds is 14. The van der Waals surface area contributed by atoms with E-state index < -0.39 is 11.9 Å². The quantitative estimate of drug-likeness (QED) is 0.225. The third-order valence-corrected chi connectivity index (χ3v) is 5.59. The van der Waals surface area contributed by atoms with Gasteiger partial charge in [-0.05, 0) is 18.6 Å². The van der Waals surface area contributed by atoms with Gasteiger partial charge in [0.1, 0.15) is 5.76 Å². The first kappa shape index (κ1) is 24.1. The summed E-state index contributed by atoms with van der Waals surface area (Å²) in [4.78, 5) is 26.3. The first-order chi connectivity index (χ1) is 14.6. The molecule has 30 heavy (non-hydrogen) atoms. The van der Waals surface area contributed by atoms with Crippen LogP contribution in [-0.2, 0) is 9.53 Å². The average molecular weight is 432 g/mol. The molecule has 1 N–H and O–H groups in total. The molecule has 0 saturated carbocycles. The van der Waals surface area contributed by atoms with E-state index in [1.807, 2.05) is 0 Å². The summed E-state index contributed by atoms with van der Waals surface area (Å²) < 4.78 is 5.43. The second kappa shape index (κ2) is 13.2. The average Bonchev–Trinajstić information content (AvgIpc) is 3.04. The number of hydrogen-bond donors (Lipinski definition) is 1. The zero-order valence-electron chi connectivity index (χ0n) is 17.9. The van der Waals surface area contributed by atoms with Gasteiger partial charge in [0.05, 0.1) is 30.0 Å². The molecule has 6 heteroatoms. The van der Waals surface area contributed by atoms with Crippen LogP contribution in [0.1, 0.15) is 81.5 Å². The number of hydrogen-bond acceptors (Lipinski definition) is 5. The number of carbonyl (C=O) groups excluding carboxylic acids is 2. The van der Waals surface area contributed by atoms with Gasteiger partial charge in [0, 0.05) is 5.37 Å². The summed E-state index contributed by atoms with van der Waals surface area (Å²) in [6.45, 7) is 2.60. The number of nitrogens with zero attached hydrogens (tertiary/aromatic N) is 1. The Kier molecular flexibility index (Phi) is 10.6. The van der Waals surface area contributed by atoms with Crippen LogP contribution in [-0.4, -0.2) is 35.5 Å². The molecule has 1 heterocycles. The molecule has 0 spiro atoms. The maximum Gasteiger partial charge on any atom is 0.340 e. The maximum atomic E-state index is 12.6. The minimum atomic E-state index is -0.454. The normalized spacial score (nSPS) is 13.8. The third-order valence-electron chi connectivity index (χ3n) is 5.36. The molecule has 0 fully saturated rings. The smallest absolute Gasteiger partial charge is 0.340 e. The Morgan fingerprint density at radius 3 is 2.27 bits per heavy atom. The topological polar surface area (TPSA) is 66.8 Å². The molecule has 0 saturated heterocycles. The van der Waals surface area contributed by atoms with E-state index >= 15 is 0 Å². The molecule has 164 valence electrons. The Labute approximate surface area is 185 Å². The van der Waals surface area contributed by atoms with Crippen LogP contribution < -0.4 is 4.90 Å². The van der Waals surface area contributed by atoms with Gasteiger partial charge in [-0.1, -0.05) is 89.1 Å². The van der Waals surface area contributed by atoms with Crippen LogP contribution in [0.5, 0.6) is 0 Å². The van der Waals surface area contributed by atoms with Crippen molar-refractivity contribution in [1.82, 2.24) is 0 Å². The number of unbranched alkanes of at least 4 members (excludes halogenated alkanes) is 9. The predicted octanol–water partition coefficient (Wildman–Crippen LogP) is 5.92. The monoisotopic (exact) mass is 431 g/mol. The second-order valence-electron chi connectivity index (χ2n) is 7.70. The van der Waals surface area contributed by atoms with E-state index in [9.17, 15) is 14.7 Å². The van der Waals surface area contributed by atoms with Gasteiger partial charge >= 0.3 is 5.97 Å². The van der Waals surface area contributed by atoms with Crippen LogP contribution in [0.3, 0.4) is 0 Å². The molecular formula is C24H33NO4S. The summed E-state index contributed by atoms with van der Waals surface area (Å²) in [7, 11) is 0. The van der Waals surface area contributed by atoms with Crippen molar-refractivity contribution in [2.75, 3.05) is 18.1 Å². The Morgan fingerprint density at radius 2 is 1.67 bits per heavy atom. The Balaban J connectivity index is 1.73. The Hall–Kier alpha value is -2.21. The van der Waals surface area contributed by atoms with Crippen molar-refractivity contribution in [2.24, 2.45) is 0 Å². The fourth-order valence-corrected chi connectivity index (χ4v) is 3.84. The van der Waals surface area contributed by atoms with E-state index in [2.05, 4.69) is 6.92 Å². The standard InChI is InChI=1S/C24H33NO4S/c1-2-3-4-5-6-7-8-9-10-13-16-29-24(28)19-14-11-12-15-21(19)25-17-22(26)20(18-30)23(25)27/h11-12,14-15,18,26H,2-10,13,16-17H2,1H3. The van der Waals surface area contributed by atoms with Crippen molar-refractivity contribution in [3.8, 4) is 0 Å². The van der Waals surface area contributed by atoms with Gasteiger partial charge in [0.15, 0.2) is 0 Å². The van der Waals surface area contributed by atoms with Gasteiger partial charge in [-0.3, -0.25) is 9.69 Å². The number of aliphatic hydroxyl groups is 1. The number of para-hydroxylation sites is 1. The van der Waals surface area contributed by atoms with E-state index in [0.717, 1.165) is 19.3 Å². The fourth-order valence-electron chi connectivity index (χ4n) is 3.60. The molecule has 1 amide bonds. The summed E-state index contributed by atoms with van der Waals surface area (Å²) in [5.41, 5.74) is 0.837. The molecule has 0 aliphatic carbocycles. The molecule has 0 unspecified atom stereocenters. The van der Waals surface area contributed by atoms with Crippen molar-refractivity contribution < 1.29 is 19.4 Å². The van der Waals surface area contributed by atoms with Crippen molar-refractivity contribution in [3.05, 3.63) is 41.2 Å². The zero-order valence-corrected chi connectivity index (χ0v) is 18.7. The second-order valence-corrected chi connectivity index (χ2v) is 7.94. The van der Waals surface area contributed by atoms with E-state index in [1.165, 1.54) is 55.2 Å². The number of amides is 1. The summed E-state index contributed by atoms with van der Waals surface area (Å²) in [6.07, 6.45) is 12.2. The van der Waals surface area contributed by atoms with Crippen LogP contribution >= 0.6 is 12.2 Å². The predicted molar refractivity (Wildman–Crippen MR) is 124 cm³/mol. The van der Waals surface area contributed by atoms with Crippen LogP contribution in [0.25, 0.3) is 0 Å². The van der Waals surface area contributed by atoms with Gasteiger partial charge < -0.3 is 9.84 Å². The van der Waals surface area contributed by atoms with Crippen molar-refractivity contribution in [3.63, 3.8) is 0 Å². The molecule has 0 aromatic heterocycles. The molecule has 1 aliphatic heterocycles. The number of aliphatic hydroxyl groups excluding tert-OH is 1. The van der Waals surface area contributed by atoms with Crippen LogP contribution in [0.2, 0.25) is 0 Å². The first-order valence-corrected chi connectivity index (χ1v) is 11.5. The fraction of sp³-hybridized carbons (Fsp3) is 0.542. The lowest BCUT2D eigenvalue weighted by Crippen LogP contribution is -2.29. The highest BCUT2D eigenvalue weighted by atomic mass is 32.1. The van der Waals surface area contributed by atoms with Gasteiger partial charge in [-0.15, -0.1) is 0 Å². The molecular weight excluding hydrogens is 398 g/mol. The van der Waals surface area contributed by atoms with Gasteiger partial charge in [0.2, 0.25) is 0 Å². The SMILES string of the molecule is CCCCCCCCCCCCOC(=O)c1ccccc1N1CC(O)=C(C=S)C1=O. The number of esters is 1. The summed E-state index contributed by atoms with van der Waals surface area (Å²) >= 11 is 4.80. The molecule has 1 aromatic rings. The molecule has 1 aliphatic rings. The van der Waals surface area contributed by atoms with Gasteiger partial charge in [-0.25, -0.2) is 4.79 Å². The highest BCUT2D eigenvalue weighted by Crippen LogP contribution is 2.28. The van der Waals surface area contributed by atoms with Crippen LogP contribution in [0, 0.1) is 0 Å². The van der Waals surface area contributed by atoms with E-state index in [-0.39, 0.29) is 17.9 Å². The molecule has 0 atom stereocenters. The number of ether oxygens (including phenoxy) is 1. The van der Waals surface area contributed by atoms with Gasteiger partial charge in [-0.2, -0.15) is 0 Å².